The molecule has 0 radical (unpaired) electrons. The van der Waals surface area contributed by atoms with Gasteiger partial charge in [0.25, 0.3) is 0 Å². The maximum absolute atomic E-state index is 4.19. The third-order valence-corrected chi connectivity index (χ3v) is 7.55. The maximum atomic E-state index is 4.19. The van der Waals surface area contributed by atoms with Gasteiger partial charge in [0, 0.05) is 0 Å². The summed E-state index contributed by atoms with van der Waals surface area (Å²) in [5.74, 6) is 3.70. The molecule has 4 aliphatic rings. The minimum absolute atomic E-state index is 0.475. The molecule has 0 saturated heterocycles. The van der Waals surface area contributed by atoms with E-state index in [9.17, 15) is 0 Å². The van der Waals surface area contributed by atoms with Gasteiger partial charge in [0.05, 0.1) is 0 Å². The van der Waals surface area contributed by atoms with Crippen molar-refractivity contribution in [2.75, 3.05) is 0 Å². The molecule has 0 aromatic carbocycles. The van der Waals surface area contributed by atoms with Crippen LogP contribution in [0.3, 0.4) is 0 Å². The van der Waals surface area contributed by atoms with Crippen LogP contribution in [0.1, 0.15) is 66.2 Å². The Bertz CT molecular complexity index is 395. The fraction of sp³-hybridized carbons (Fsp3) is 0.800. The molecule has 0 aromatic rings. The minimum Gasteiger partial charge on any atom is -0.0990 e. The van der Waals surface area contributed by atoms with Crippen molar-refractivity contribution in [3.8, 4) is 0 Å². The van der Waals surface area contributed by atoms with Gasteiger partial charge in [-0.05, 0) is 73.0 Å². The van der Waals surface area contributed by atoms with Gasteiger partial charge in [-0.2, -0.15) is 0 Å². The summed E-state index contributed by atoms with van der Waals surface area (Å²) < 4.78 is 0. The van der Waals surface area contributed by atoms with Crippen molar-refractivity contribution in [3.63, 3.8) is 0 Å². The molecule has 2 unspecified atom stereocenters. The van der Waals surface area contributed by atoms with Gasteiger partial charge < -0.3 is 0 Å². The first kappa shape index (κ1) is 14.4. The number of rotatable bonds is 0. The molecule has 112 valence electrons. The predicted molar refractivity (Wildman–Crippen MR) is 87.5 cm³/mol. The first-order chi connectivity index (χ1) is 9.24. The second kappa shape index (κ2) is 4.49. The molecule has 4 bridgehead atoms. The molecule has 4 fully saturated rings. The standard InChI is InChI=1S/2C10H16/c2*1-7-8-4-5-9(6-8)10(7,2)3/h2*8-9H,1,4-6H2,2-3H3/t8-,9+;/m0./s1. The summed E-state index contributed by atoms with van der Waals surface area (Å²) in [7, 11) is 0. The van der Waals surface area contributed by atoms with E-state index in [1.54, 1.807) is 0 Å². The average Bonchev–Trinajstić information content (AvgIpc) is 3.10. The third kappa shape index (κ3) is 1.94. The summed E-state index contributed by atoms with van der Waals surface area (Å²) in [6.45, 7) is 17.8. The highest BCUT2D eigenvalue weighted by Gasteiger charge is 2.48. The lowest BCUT2D eigenvalue weighted by molar-refractivity contribution is 0.289. The van der Waals surface area contributed by atoms with Crippen LogP contribution in [0.15, 0.2) is 24.3 Å². The Hall–Kier alpha value is -0.520. The summed E-state index contributed by atoms with van der Waals surface area (Å²) in [6.07, 6.45) is 8.63. The van der Waals surface area contributed by atoms with Crippen LogP contribution in [-0.4, -0.2) is 0 Å². The van der Waals surface area contributed by atoms with E-state index < -0.39 is 0 Å². The molecule has 0 heteroatoms. The zero-order valence-electron chi connectivity index (χ0n) is 14.0. The van der Waals surface area contributed by atoms with Crippen LogP contribution in [0.5, 0.6) is 0 Å². The van der Waals surface area contributed by atoms with Gasteiger partial charge in [0.15, 0.2) is 0 Å². The lowest BCUT2D eigenvalue weighted by Gasteiger charge is -2.31. The van der Waals surface area contributed by atoms with Gasteiger partial charge in [0.1, 0.15) is 0 Å². The van der Waals surface area contributed by atoms with Crippen molar-refractivity contribution in [3.05, 3.63) is 24.3 Å². The van der Waals surface area contributed by atoms with Gasteiger partial charge >= 0.3 is 0 Å². The van der Waals surface area contributed by atoms with E-state index in [0.29, 0.717) is 10.8 Å². The molecule has 4 atom stereocenters. The molecule has 0 heterocycles. The maximum Gasteiger partial charge on any atom is -0.0116 e. The highest BCUT2D eigenvalue weighted by Crippen LogP contribution is 2.58. The fourth-order valence-electron chi connectivity index (χ4n) is 5.48. The lowest BCUT2D eigenvalue weighted by Crippen LogP contribution is -2.21. The zero-order valence-corrected chi connectivity index (χ0v) is 14.0. The first-order valence-corrected chi connectivity index (χ1v) is 8.63. The Labute approximate surface area is 125 Å². The summed E-state index contributed by atoms with van der Waals surface area (Å²) in [6, 6.07) is 0. The smallest absolute Gasteiger partial charge is 0.0116 e. The van der Waals surface area contributed by atoms with Gasteiger partial charge in [-0.1, -0.05) is 52.0 Å². The molecule has 4 aliphatic carbocycles. The van der Waals surface area contributed by atoms with E-state index in [1.807, 2.05) is 0 Å². The second-order valence-electron chi connectivity index (χ2n) is 8.91. The quantitative estimate of drug-likeness (QED) is 0.475. The Morgan fingerprint density at radius 2 is 1.05 bits per heavy atom. The molecule has 0 nitrogen and oxygen atoms in total. The molecular weight excluding hydrogens is 240 g/mol. The number of allylic oxidation sites excluding steroid dienone is 2. The molecule has 4 saturated carbocycles. The zero-order chi connectivity index (χ0) is 14.7. The van der Waals surface area contributed by atoms with Crippen molar-refractivity contribution >= 4 is 0 Å². The molecule has 0 N–H and O–H groups in total. The molecule has 0 aliphatic heterocycles. The van der Waals surface area contributed by atoms with E-state index in [4.69, 9.17) is 0 Å². The van der Waals surface area contributed by atoms with E-state index >= 15 is 0 Å². The molecular formula is C20H32. The Kier molecular flexibility index (Phi) is 3.23. The summed E-state index contributed by atoms with van der Waals surface area (Å²) in [5.41, 5.74) is 4.01. The van der Waals surface area contributed by atoms with E-state index in [0.717, 1.165) is 23.7 Å². The monoisotopic (exact) mass is 272 g/mol. The largest absolute Gasteiger partial charge is 0.0990 e. The number of hydrogen-bond donors (Lipinski definition) is 0. The van der Waals surface area contributed by atoms with Crippen molar-refractivity contribution in [2.24, 2.45) is 34.5 Å². The minimum atomic E-state index is 0.475. The molecule has 0 aromatic heterocycles. The fourth-order valence-corrected chi connectivity index (χ4v) is 5.48. The van der Waals surface area contributed by atoms with Crippen LogP contribution in [0.2, 0.25) is 0 Å². The number of fused-ring (bicyclic) bond motifs is 4. The van der Waals surface area contributed by atoms with Crippen molar-refractivity contribution in [1.82, 2.24) is 0 Å². The van der Waals surface area contributed by atoms with Crippen molar-refractivity contribution in [1.29, 1.82) is 0 Å². The Balaban J connectivity index is 0.000000121. The average molecular weight is 272 g/mol. The van der Waals surface area contributed by atoms with Gasteiger partial charge in [-0.3, -0.25) is 0 Å². The van der Waals surface area contributed by atoms with Crippen LogP contribution < -0.4 is 0 Å². The van der Waals surface area contributed by atoms with Crippen molar-refractivity contribution in [2.45, 2.75) is 66.2 Å². The summed E-state index contributed by atoms with van der Waals surface area (Å²) >= 11 is 0. The van der Waals surface area contributed by atoms with Crippen molar-refractivity contribution < 1.29 is 0 Å². The number of hydrogen-bond acceptors (Lipinski definition) is 0. The predicted octanol–water partition coefficient (Wildman–Crippen LogP) is 6.00. The Morgan fingerprint density at radius 3 is 1.20 bits per heavy atom. The van der Waals surface area contributed by atoms with Gasteiger partial charge in [-0.25, -0.2) is 0 Å². The highest BCUT2D eigenvalue weighted by molar-refractivity contribution is 5.23. The van der Waals surface area contributed by atoms with Crippen LogP contribution >= 0.6 is 0 Å². The summed E-state index contributed by atoms with van der Waals surface area (Å²) in [4.78, 5) is 0. The lowest BCUT2D eigenvalue weighted by atomic mass is 9.73. The third-order valence-electron chi connectivity index (χ3n) is 7.55. The van der Waals surface area contributed by atoms with Crippen LogP contribution in [0.25, 0.3) is 0 Å². The van der Waals surface area contributed by atoms with E-state index in [2.05, 4.69) is 40.9 Å². The van der Waals surface area contributed by atoms with Gasteiger partial charge in [0.2, 0.25) is 0 Å². The highest BCUT2D eigenvalue weighted by atomic mass is 14.5. The molecule has 0 amide bonds. The first-order valence-electron chi connectivity index (χ1n) is 8.63. The van der Waals surface area contributed by atoms with Crippen LogP contribution in [-0.2, 0) is 0 Å². The summed E-state index contributed by atoms with van der Waals surface area (Å²) in [5, 5.41) is 0. The normalized spacial score (nSPS) is 42.8. The van der Waals surface area contributed by atoms with E-state index in [1.165, 1.54) is 49.7 Å². The molecule has 0 spiro atoms. The Morgan fingerprint density at radius 1 is 0.700 bits per heavy atom. The molecule has 20 heavy (non-hydrogen) atoms. The van der Waals surface area contributed by atoms with E-state index in [-0.39, 0.29) is 0 Å². The topological polar surface area (TPSA) is 0 Å². The van der Waals surface area contributed by atoms with Crippen LogP contribution in [0, 0.1) is 34.5 Å². The molecule has 4 rings (SSSR count). The second-order valence-corrected chi connectivity index (χ2v) is 8.91. The van der Waals surface area contributed by atoms with Crippen LogP contribution in [0.4, 0.5) is 0 Å². The van der Waals surface area contributed by atoms with Gasteiger partial charge in [-0.15, -0.1) is 0 Å². The SMILES string of the molecule is C=C1C2CCC(C2)C1(C)C.C=C1[C@H]2CC[C@H](C2)C1(C)C.